The van der Waals surface area contributed by atoms with E-state index in [1.807, 2.05) is 30.3 Å². The number of amides is 1. The minimum Gasteiger partial charge on any atom is -0.496 e. The van der Waals surface area contributed by atoms with Gasteiger partial charge in [0.1, 0.15) is 17.4 Å². The molecule has 1 unspecified atom stereocenters. The van der Waals surface area contributed by atoms with Gasteiger partial charge in [0, 0.05) is 35.9 Å². The number of nitrogens with one attached hydrogen (secondary N) is 1. The van der Waals surface area contributed by atoms with E-state index in [1.165, 1.54) is 11.3 Å². The van der Waals surface area contributed by atoms with E-state index < -0.39 is 5.91 Å². The van der Waals surface area contributed by atoms with Crippen molar-refractivity contribution >= 4 is 17.7 Å². The fourth-order valence-electron chi connectivity index (χ4n) is 4.64. The van der Waals surface area contributed by atoms with Crippen molar-refractivity contribution in [3.05, 3.63) is 64.7 Å². The van der Waals surface area contributed by atoms with Crippen LogP contribution in [-0.2, 0) is 11.3 Å². The molecule has 0 fully saturated rings. The second-order valence-corrected chi connectivity index (χ2v) is 9.06. The molecule has 1 N–H and O–H groups in total. The Bertz CT molecular complexity index is 1030. The highest BCUT2D eigenvalue weighted by Crippen LogP contribution is 2.46. The second-order valence-electron chi connectivity index (χ2n) is 9.06. The second kappa shape index (κ2) is 9.91. The molecule has 1 aliphatic heterocycles. The minimum absolute atomic E-state index is 0.0555. The molecule has 0 saturated carbocycles. The van der Waals surface area contributed by atoms with Crippen LogP contribution in [0.2, 0.25) is 0 Å². The largest absolute Gasteiger partial charge is 0.496 e. The van der Waals surface area contributed by atoms with Gasteiger partial charge in [-0.1, -0.05) is 44.2 Å². The molecule has 0 aromatic heterocycles. The molecule has 1 aliphatic rings. The number of hydrogen-bond donors (Lipinski definition) is 1. The van der Waals surface area contributed by atoms with Crippen LogP contribution in [0.5, 0.6) is 5.75 Å². The molecule has 2 aromatic rings. The van der Waals surface area contributed by atoms with E-state index in [1.54, 1.807) is 13.2 Å². The van der Waals surface area contributed by atoms with Crippen LogP contribution < -0.4 is 15.0 Å². The lowest BCUT2D eigenvalue weighted by Gasteiger charge is -2.47. The summed E-state index contributed by atoms with van der Waals surface area (Å²) in [4.78, 5) is 15.1. The Morgan fingerprint density at radius 1 is 1.31 bits per heavy atom. The molecule has 1 heterocycles. The lowest BCUT2D eigenvalue weighted by Crippen LogP contribution is -2.48. The van der Waals surface area contributed by atoms with Gasteiger partial charge in [0.25, 0.3) is 5.91 Å². The number of nitrogens with zero attached hydrogens (tertiary/aromatic N) is 2. The van der Waals surface area contributed by atoms with Crippen molar-refractivity contribution in [3.8, 4) is 11.8 Å². The Kier molecular flexibility index (Phi) is 7.25. The van der Waals surface area contributed by atoms with Crippen molar-refractivity contribution in [3.63, 3.8) is 0 Å². The highest BCUT2D eigenvalue weighted by Gasteiger charge is 2.36. The zero-order chi connectivity index (χ0) is 23.3. The lowest BCUT2D eigenvalue weighted by atomic mass is 9.79. The monoisotopic (exact) mass is 431 g/mol. The maximum Gasteiger partial charge on any atom is 0.262 e. The molecule has 5 heteroatoms. The fourth-order valence-corrected chi connectivity index (χ4v) is 4.64. The fraction of sp³-hybridized carbons (Fsp3) is 0.407. The number of carbonyl (C=O) groups is 1. The molecule has 0 radical (unpaired) electrons. The van der Waals surface area contributed by atoms with Gasteiger partial charge in [-0.15, -0.1) is 0 Å². The molecule has 1 amide bonds. The average Bonchev–Trinajstić information content (AvgIpc) is 2.78. The minimum atomic E-state index is -0.391. The highest BCUT2D eigenvalue weighted by molar-refractivity contribution is 6.02. The van der Waals surface area contributed by atoms with Crippen molar-refractivity contribution < 1.29 is 9.53 Å². The summed E-state index contributed by atoms with van der Waals surface area (Å²) in [6.45, 7) is 10.3. The Hall–Kier alpha value is -3.26. The normalized spacial score (nSPS) is 17.3. The van der Waals surface area contributed by atoms with Crippen LogP contribution in [0.25, 0.3) is 6.08 Å². The van der Waals surface area contributed by atoms with E-state index in [9.17, 15) is 10.1 Å². The van der Waals surface area contributed by atoms with Crippen LogP contribution >= 0.6 is 0 Å². The van der Waals surface area contributed by atoms with Crippen LogP contribution in [0.1, 0.15) is 63.1 Å². The van der Waals surface area contributed by atoms with Crippen molar-refractivity contribution in [2.45, 2.75) is 58.5 Å². The summed E-state index contributed by atoms with van der Waals surface area (Å²) in [7, 11) is 1.63. The first-order chi connectivity index (χ1) is 15.3. The summed E-state index contributed by atoms with van der Waals surface area (Å²) < 4.78 is 5.68. The summed E-state index contributed by atoms with van der Waals surface area (Å²) in [5.74, 6) is 0.639. The smallest absolute Gasteiger partial charge is 0.262 e. The number of methoxy groups -OCH3 is 1. The number of fused-ring (bicyclic) bond motifs is 1. The van der Waals surface area contributed by atoms with Gasteiger partial charge in [-0.2, -0.15) is 5.26 Å². The predicted molar refractivity (Wildman–Crippen MR) is 130 cm³/mol. The van der Waals surface area contributed by atoms with E-state index in [-0.39, 0.29) is 11.1 Å². The Morgan fingerprint density at radius 2 is 2.03 bits per heavy atom. The summed E-state index contributed by atoms with van der Waals surface area (Å²) in [6.07, 6.45) is 3.73. The van der Waals surface area contributed by atoms with Gasteiger partial charge in [0.2, 0.25) is 0 Å². The number of anilines is 1. The first-order valence-electron chi connectivity index (χ1n) is 11.2. The number of nitriles is 1. The van der Waals surface area contributed by atoms with Crippen LogP contribution in [0, 0.1) is 11.3 Å². The van der Waals surface area contributed by atoms with E-state index in [4.69, 9.17) is 4.74 Å². The maximum absolute atomic E-state index is 12.7. The van der Waals surface area contributed by atoms with Crippen LogP contribution in [-0.4, -0.2) is 25.1 Å². The molecule has 3 rings (SSSR count). The van der Waals surface area contributed by atoms with Gasteiger partial charge < -0.3 is 15.0 Å². The van der Waals surface area contributed by atoms with E-state index in [2.05, 4.69) is 56.1 Å². The number of rotatable bonds is 7. The summed E-state index contributed by atoms with van der Waals surface area (Å²) in [5.41, 5.74) is 4.26. The molecule has 168 valence electrons. The number of ether oxygens (including phenoxy) is 1. The van der Waals surface area contributed by atoms with Gasteiger partial charge in [-0.3, -0.25) is 4.79 Å². The molecule has 5 nitrogen and oxygen atoms in total. The third kappa shape index (κ3) is 4.96. The first-order valence-corrected chi connectivity index (χ1v) is 11.2. The molecule has 2 aromatic carbocycles. The highest BCUT2D eigenvalue weighted by atomic mass is 16.5. The standard InChI is InChI=1S/C27H33N3O2/c1-6-12-30-24-15-25(32-5)21(14-23(24)19(2)16-27(30,3)4)13-22(17-28)26(31)29-18-20-10-8-7-9-11-20/h7-11,13-15,19H,6,12,16,18H2,1-5H3,(H,29,31)/b22-13+. The molecule has 0 aliphatic carbocycles. The molecule has 0 spiro atoms. The van der Waals surface area contributed by atoms with E-state index in [0.717, 1.165) is 30.5 Å². The molecule has 32 heavy (non-hydrogen) atoms. The Labute approximate surface area is 191 Å². The van der Waals surface area contributed by atoms with Gasteiger partial charge in [-0.25, -0.2) is 0 Å². The summed E-state index contributed by atoms with van der Waals surface area (Å²) in [5, 5.41) is 12.5. The van der Waals surface area contributed by atoms with Gasteiger partial charge in [0.15, 0.2) is 0 Å². The molecule has 0 bridgehead atoms. The molecule has 1 atom stereocenters. The predicted octanol–water partition coefficient (Wildman–Crippen LogP) is 5.42. The quantitative estimate of drug-likeness (QED) is 0.469. The van der Waals surface area contributed by atoms with Crippen molar-refractivity contribution in [1.82, 2.24) is 5.32 Å². The lowest BCUT2D eigenvalue weighted by molar-refractivity contribution is -0.117. The van der Waals surface area contributed by atoms with Gasteiger partial charge in [0.05, 0.1) is 7.11 Å². The summed E-state index contributed by atoms with van der Waals surface area (Å²) >= 11 is 0. The third-order valence-corrected chi connectivity index (χ3v) is 6.15. The summed E-state index contributed by atoms with van der Waals surface area (Å²) in [6, 6.07) is 15.8. The number of benzene rings is 2. The van der Waals surface area contributed by atoms with Crippen LogP contribution in [0.15, 0.2) is 48.0 Å². The molecular formula is C27H33N3O2. The Morgan fingerprint density at radius 3 is 2.66 bits per heavy atom. The average molecular weight is 432 g/mol. The SMILES string of the molecule is CCCN1c2cc(OC)c(/C=C(\C#N)C(=O)NCc3ccccc3)cc2C(C)CC1(C)C. The van der Waals surface area contributed by atoms with Crippen molar-refractivity contribution in [1.29, 1.82) is 5.26 Å². The van der Waals surface area contributed by atoms with Crippen LogP contribution in [0.4, 0.5) is 5.69 Å². The molecular weight excluding hydrogens is 398 g/mol. The number of carbonyl (C=O) groups excluding carboxylic acids is 1. The maximum atomic E-state index is 12.7. The Balaban J connectivity index is 1.95. The van der Waals surface area contributed by atoms with E-state index >= 15 is 0 Å². The molecule has 0 saturated heterocycles. The zero-order valence-electron chi connectivity index (χ0n) is 19.7. The number of hydrogen-bond acceptors (Lipinski definition) is 4. The van der Waals surface area contributed by atoms with Crippen molar-refractivity contribution in [2.75, 3.05) is 18.6 Å². The van der Waals surface area contributed by atoms with Gasteiger partial charge in [-0.05, 0) is 55.9 Å². The zero-order valence-corrected chi connectivity index (χ0v) is 19.7. The van der Waals surface area contributed by atoms with Gasteiger partial charge >= 0.3 is 0 Å². The topological polar surface area (TPSA) is 65.4 Å². The van der Waals surface area contributed by atoms with E-state index in [0.29, 0.717) is 18.2 Å². The third-order valence-electron chi connectivity index (χ3n) is 6.15. The van der Waals surface area contributed by atoms with Crippen molar-refractivity contribution in [2.24, 2.45) is 0 Å². The van der Waals surface area contributed by atoms with Crippen LogP contribution in [0.3, 0.4) is 0 Å². The first kappa shape index (κ1) is 23.4.